The van der Waals surface area contributed by atoms with E-state index in [1.165, 1.54) is 16.2 Å². The van der Waals surface area contributed by atoms with Crippen molar-refractivity contribution in [1.82, 2.24) is 14.3 Å². The van der Waals surface area contributed by atoms with Crippen molar-refractivity contribution in [3.05, 3.63) is 44.7 Å². The Hall–Kier alpha value is -2.23. The van der Waals surface area contributed by atoms with Gasteiger partial charge in [-0.25, -0.2) is 4.98 Å². The first-order valence-corrected chi connectivity index (χ1v) is 10.7. The minimum Gasteiger partial charge on any atom is -0.376 e. The number of thiocarbonyl (C=S) groups is 1. The Morgan fingerprint density at radius 2 is 2.21 bits per heavy atom. The molecule has 0 bridgehead atoms. The van der Waals surface area contributed by atoms with Crippen molar-refractivity contribution in [3.8, 4) is 0 Å². The van der Waals surface area contributed by atoms with E-state index < -0.39 is 0 Å². The number of ether oxygens (including phenoxy) is 1. The van der Waals surface area contributed by atoms with Crippen LogP contribution in [0.5, 0.6) is 0 Å². The van der Waals surface area contributed by atoms with E-state index in [-0.39, 0.29) is 17.6 Å². The van der Waals surface area contributed by atoms with E-state index in [9.17, 15) is 9.59 Å². The Balaban J connectivity index is 1.76. The van der Waals surface area contributed by atoms with Crippen LogP contribution in [0.2, 0.25) is 0 Å². The molecule has 2 aliphatic heterocycles. The summed E-state index contributed by atoms with van der Waals surface area (Å²) in [6.45, 7) is 3.09. The molecule has 0 spiro atoms. The lowest BCUT2D eigenvalue weighted by Crippen LogP contribution is -2.35. The van der Waals surface area contributed by atoms with Crippen molar-refractivity contribution >= 4 is 51.7 Å². The lowest BCUT2D eigenvalue weighted by molar-refractivity contribution is -0.123. The van der Waals surface area contributed by atoms with Crippen molar-refractivity contribution in [1.29, 1.82) is 0 Å². The summed E-state index contributed by atoms with van der Waals surface area (Å²) in [6.07, 6.45) is 5.26. The number of aromatic nitrogens is 2. The summed E-state index contributed by atoms with van der Waals surface area (Å²) < 4.78 is 7.65. The first kappa shape index (κ1) is 20.1. The van der Waals surface area contributed by atoms with Gasteiger partial charge in [-0.3, -0.25) is 18.9 Å². The van der Waals surface area contributed by atoms with Crippen LogP contribution in [0, 0.1) is 6.92 Å². The van der Waals surface area contributed by atoms with E-state index in [1.807, 2.05) is 33.2 Å². The molecule has 4 heterocycles. The summed E-state index contributed by atoms with van der Waals surface area (Å²) in [4.78, 5) is 34.7. The SMILES string of the molecule is Cc1cccn2c(=O)c(/C=C3/SC(=S)N(CC4CCCO4)C3=O)c(N(C)C)nc12. The largest absolute Gasteiger partial charge is 0.376 e. The topological polar surface area (TPSA) is 67.2 Å². The molecule has 2 aromatic heterocycles. The Morgan fingerprint density at radius 1 is 1.41 bits per heavy atom. The number of thioether (sulfide) groups is 1. The molecule has 0 radical (unpaired) electrons. The van der Waals surface area contributed by atoms with Crippen molar-refractivity contribution in [2.75, 3.05) is 32.1 Å². The van der Waals surface area contributed by atoms with Crippen LogP contribution in [0.4, 0.5) is 5.82 Å². The van der Waals surface area contributed by atoms with Gasteiger partial charge in [0.15, 0.2) is 0 Å². The number of rotatable bonds is 4. The maximum absolute atomic E-state index is 13.2. The average Bonchev–Trinajstić information content (AvgIpc) is 3.28. The highest BCUT2D eigenvalue weighted by Gasteiger charge is 2.35. The van der Waals surface area contributed by atoms with Gasteiger partial charge >= 0.3 is 0 Å². The molecule has 1 atom stereocenters. The normalized spacial score (nSPS) is 21.0. The molecule has 0 aliphatic carbocycles. The molecule has 152 valence electrons. The number of hydrogen-bond acceptors (Lipinski definition) is 7. The Labute approximate surface area is 178 Å². The van der Waals surface area contributed by atoms with Gasteiger partial charge in [0, 0.05) is 26.9 Å². The van der Waals surface area contributed by atoms with E-state index in [0.29, 0.717) is 32.8 Å². The average molecular weight is 431 g/mol. The zero-order chi connectivity index (χ0) is 20.7. The minimum absolute atomic E-state index is 0.0186. The Kier molecular flexibility index (Phi) is 5.46. The molecule has 1 unspecified atom stereocenters. The molecule has 7 nitrogen and oxygen atoms in total. The third-order valence-corrected chi connectivity index (χ3v) is 6.42. The molecule has 2 aliphatic rings. The second-order valence-electron chi connectivity index (χ2n) is 7.36. The fraction of sp³-hybridized carbons (Fsp3) is 0.400. The molecule has 0 N–H and O–H groups in total. The van der Waals surface area contributed by atoms with Crippen molar-refractivity contribution in [2.24, 2.45) is 0 Å². The number of fused-ring (bicyclic) bond motifs is 1. The van der Waals surface area contributed by atoms with Crippen LogP contribution in [-0.2, 0) is 9.53 Å². The highest BCUT2D eigenvalue weighted by molar-refractivity contribution is 8.26. The summed E-state index contributed by atoms with van der Waals surface area (Å²) >= 11 is 6.64. The van der Waals surface area contributed by atoms with Crippen LogP contribution in [0.3, 0.4) is 0 Å². The van der Waals surface area contributed by atoms with E-state index in [1.54, 1.807) is 22.1 Å². The molecule has 4 rings (SSSR count). The first-order chi connectivity index (χ1) is 13.9. The number of pyridine rings is 1. The van der Waals surface area contributed by atoms with Crippen molar-refractivity contribution in [2.45, 2.75) is 25.9 Å². The van der Waals surface area contributed by atoms with Gasteiger partial charge in [0.1, 0.15) is 15.8 Å². The third-order valence-electron chi connectivity index (χ3n) is 5.05. The van der Waals surface area contributed by atoms with E-state index in [2.05, 4.69) is 4.98 Å². The third kappa shape index (κ3) is 3.70. The molecule has 2 fully saturated rings. The Bertz CT molecular complexity index is 1090. The molecule has 0 saturated carbocycles. The number of hydrogen-bond donors (Lipinski definition) is 0. The predicted molar refractivity (Wildman–Crippen MR) is 119 cm³/mol. The fourth-order valence-electron chi connectivity index (χ4n) is 3.55. The van der Waals surface area contributed by atoms with Gasteiger partial charge in [-0.15, -0.1) is 0 Å². The molecular weight excluding hydrogens is 408 g/mol. The molecular formula is C20H22N4O3S2. The van der Waals surface area contributed by atoms with Crippen LogP contribution >= 0.6 is 24.0 Å². The lowest BCUT2D eigenvalue weighted by atomic mass is 10.2. The summed E-state index contributed by atoms with van der Waals surface area (Å²) in [6, 6.07) is 3.72. The predicted octanol–water partition coefficient (Wildman–Crippen LogP) is 2.45. The van der Waals surface area contributed by atoms with E-state index >= 15 is 0 Å². The standard InChI is InChI=1S/C20H22N4O3S2/c1-12-6-4-8-23-16(12)21-17(22(2)3)14(18(23)25)10-15-19(26)24(20(28)29-15)11-13-7-5-9-27-13/h4,6,8,10,13H,5,7,9,11H2,1-3H3/b15-10+. The second kappa shape index (κ2) is 7.89. The number of amides is 1. The summed E-state index contributed by atoms with van der Waals surface area (Å²) in [5.74, 6) is 0.336. The van der Waals surface area contributed by atoms with E-state index in [4.69, 9.17) is 17.0 Å². The zero-order valence-electron chi connectivity index (χ0n) is 16.5. The molecule has 0 aromatic carbocycles. The number of carbonyl (C=O) groups excluding carboxylic acids is 1. The van der Waals surface area contributed by atoms with Crippen LogP contribution in [-0.4, -0.2) is 57.9 Å². The number of aryl methyl sites for hydroxylation is 1. The maximum atomic E-state index is 13.2. The van der Waals surface area contributed by atoms with Crippen LogP contribution in [0.25, 0.3) is 11.7 Å². The number of anilines is 1. The zero-order valence-corrected chi connectivity index (χ0v) is 18.2. The molecule has 2 saturated heterocycles. The molecule has 9 heteroatoms. The molecule has 2 aromatic rings. The second-order valence-corrected chi connectivity index (χ2v) is 9.04. The summed E-state index contributed by atoms with van der Waals surface area (Å²) in [7, 11) is 3.66. The minimum atomic E-state index is -0.216. The monoisotopic (exact) mass is 430 g/mol. The van der Waals surface area contributed by atoms with E-state index in [0.717, 1.165) is 25.0 Å². The Morgan fingerprint density at radius 3 is 2.90 bits per heavy atom. The lowest BCUT2D eigenvalue weighted by Gasteiger charge is -2.18. The number of nitrogens with zero attached hydrogens (tertiary/aromatic N) is 4. The highest BCUT2D eigenvalue weighted by Crippen LogP contribution is 2.34. The maximum Gasteiger partial charge on any atom is 0.267 e. The van der Waals surface area contributed by atoms with Gasteiger partial charge in [-0.2, -0.15) is 0 Å². The van der Waals surface area contributed by atoms with Gasteiger partial charge in [-0.05, 0) is 37.5 Å². The van der Waals surface area contributed by atoms with Gasteiger partial charge in [0.25, 0.3) is 11.5 Å². The first-order valence-electron chi connectivity index (χ1n) is 9.43. The van der Waals surface area contributed by atoms with Gasteiger partial charge in [-0.1, -0.05) is 30.0 Å². The molecule has 29 heavy (non-hydrogen) atoms. The quantitative estimate of drug-likeness (QED) is 0.545. The van der Waals surface area contributed by atoms with Gasteiger partial charge in [0.2, 0.25) is 0 Å². The highest BCUT2D eigenvalue weighted by atomic mass is 32.2. The fourth-order valence-corrected chi connectivity index (χ4v) is 4.80. The van der Waals surface area contributed by atoms with Crippen molar-refractivity contribution < 1.29 is 9.53 Å². The number of carbonyl (C=O) groups is 1. The molecule has 1 amide bonds. The summed E-state index contributed by atoms with van der Waals surface area (Å²) in [5, 5.41) is 0. The van der Waals surface area contributed by atoms with Crippen LogP contribution in [0.1, 0.15) is 24.0 Å². The summed E-state index contributed by atoms with van der Waals surface area (Å²) in [5.41, 5.74) is 1.66. The van der Waals surface area contributed by atoms with Crippen LogP contribution < -0.4 is 10.5 Å². The smallest absolute Gasteiger partial charge is 0.267 e. The van der Waals surface area contributed by atoms with Crippen LogP contribution in [0.15, 0.2) is 28.0 Å². The van der Waals surface area contributed by atoms with Crippen molar-refractivity contribution in [3.63, 3.8) is 0 Å². The van der Waals surface area contributed by atoms with Gasteiger partial charge < -0.3 is 9.64 Å². The van der Waals surface area contributed by atoms with Gasteiger partial charge in [0.05, 0.1) is 23.1 Å².